The number of ether oxygens (including phenoxy) is 1. The van der Waals surface area contributed by atoms with Gasteiger partial charge in [0.25, 0.3) is 0 Å². The average Bonchev–Trinajstić information content (AvgIpc) is 2.12. The monoisotopic (exact) mass is 258 g/mol. The summed E-state index contributed by atoms with van der Waals surface area (Å²) in [4.78, 5) is 10.7. The van der Waals surface area contributed by atoms with Gasteiger partial charge >= 0.3 is 5.97 Å². The number of rotatable bonds is 2. The molecule has 0 bridgehead atoms. The number of carbonyl (C=O) groups is 1. The zero-order valence-corrected chi connectivity index (χ0v) is 9.05. The van der Waals surface area contributed by atoms with Gasteiger partial charge in [0, 0.05) is 10.5 Å². The van der Waals surface area contributed by atoms with E-state index in [0.29, 0.717) is 10.0 Å². The lowest BCUT2D eigenvalue weighted by atomic mass is 10.2. The molecule has 0 aromatic heterocycles. The molecule has 0 aliphatic rings. The number of hydrogen-bond acceptors (Lipinski definition) is 2. The molecule has 0 saturated heterocycles. The molecular weight excluding hydrogens is 251 g/mol. The van der Waals surface area contributed by atoms with E-state index in [4.69, 9.17) is 0 Å². The number of hydrogen-bond donors (Lipinski definition) is 0. The second-order valence-corrected chi connectivity index (χ2v) is 3.47. The topological polar surface area (TPSA) is 26.3 Å². The fraction of sp³-hybridized carbons (Fsp3) is 0.100. The van der Waals surface area contributed by atoms with Crippen LogP contribution in [-0.4, -0.2) is 13.1 Å². The summed E-state index contributed by atoms with van der Waals surface area (Å²) in [5.41, 5.74) is 0.599. The summed E-state index contributed by atoms with van der Waals surface area (Å²) in [5.74, 6) is -0.825. The predicted octanol–water partition coefficient (Wildman–Crippen LogP) is 2.77. The molecule has 0 radical (unpaired) electrons. The minimum Gasteiger partial charge on any atom is -0.466 e. The highest BCUT2D eigenvalue weighted by atomic mass is 79.9. The van der Waals surface area contributed by atoms with Crippen LogP contribution in [0.15, 0.2) is 28.7 Å². The highest BCUT2D eigenvalue weighted by Crippen LogP contribution is 2.15. The molecule has 14 heavy (non-hydrogen) atoms. The molecule has 1 rings (SSSR count). The quantitative estimate of drug-likeness (QED) is 0.603. The van der Waals surface area contributed by atoms with E-state index in [9.17, 15) is 9.18 Å². The molecule has 0 aliphatic heterocycles. The lowest BCUT2D eigenvalue weighted by Crippen LogP contribution is -1.93. The number of halogens is 2. The van der Waals surface area contributed by atoms with Gasteiger partial charge < -0.3 is 4.74 Å². The van der Waals surface area contributed by atoms with Gasteiger partial charge in [0.1, 0.15) is 5.82 Å². The summed E-state index contributed by atoms with van der Waals surface area (Å²) < 4.78 is 17.9. The van der Waals surface area contributed by atoms with Gasteiger partial charge in [-0.2, -0.15) is 0 Å². The highest BCUT2D eigenvalue weighted by Gasteiger charge is 1.97. The molecule has 74 valence electrons. The molecule has 2 nitrogen and oxygen atoms in total. The van der Waals surface area contributed by atoms with Gasteiger partial charge in [-0.3, -0.25) is 0 Å². The first-order valence-corrected chi connectivity index (χ1v) is 4.63. The standard InChI is InChI=1S/C10H8BrFO2/c1-14-10(13)3-2-7-4-8(11)6-9(12)5-7/h2-6H,1H3. The number of methoxy groups -OCH3 is 1. The van der Waals surface area contributed by atoms with Gasteiger partial charge in [0.2, 0.25) is 0 Å². The van der Waals surface area contributed by atoms with E-state index in [1.165, 1.54) is 31.4 Å². The van der Waals surface area contributed by atoms with Gasteiger partial charge in [-0.25, -0.2) is 9.18 Å². The molecule has 0 aliphatic carbocycles. The van der Waals surface area contributed by atoms with Gasteiger partial charge in [-0.05, 0) is 29.8 Å². The van der Waals surface area contributed by atoms with Crippen LogP contribution in [0.2, 0.25) is 0 Å². The lowest BCUT2D eigenvalue weighted by Gasteiger charge is -1.96. The molecule has 0 heterocycles. The van der Waals surface area contributed by atoms with Gasteiger partial charge in [0.05, 0.1) is 7.11 Å². The van der Waals surface area contributed by atoms with Crippen LogP contribution in [0.3, 0.4) is 0 Å². The minimum atomic E-state index is -0.467. The summed E-state index contributed by atoms with van der Waals surface area (Å²) in [5, 5.41) is 0. The molecule has 0 amide bonds. The van der Waals surface area contributed by atoms with E-state index >= 15 is 0 Å². The second kappa shape index (κ2) is 4.91. The predicted molar refractivity (Wildman–Crippen MR) is 55.2 cm³/mol. The Bertz CT molecular complexity index is 354. The Morgan fingerprint density at radius 1 is 1.50 bits per heavy atom. The summed E-state index contributed by atoms with van der Waals surface area (Å²) in [6.07, 6.45) is 2.72. The summed E-state index contributed by atoms with van der Waals surface area (Å²) in [6.45, 7) is 0. The number of carbonyl (C=O) groups excluding carboxylic acids is 1. The Labute approximate surface area is 89.5 Å². The molecule has 4 heteroatoms. The van der Waals surface area contributed by atoms with Crippen molar-refractivity contribution in [2.45, 2.75) is 0 Å². The maximum Gasteiger partial charge on any atom is 0.330 e. The highest BCUT2D eigenvalue weighted by molar-refractivity contribution is 9.10. The fourth-order valence-corrected chi connectivity index (χ4v) is 1.39. The molecule has 0 atom stereocenters. The first-order valence-electron chi connectivity index (χ1n) is 3.84. The first-order chi connectivity index (χ1) is 6.61. The van der Waals surface area contributed by atoms with Crippen LogP contribution >= 0.6 is 15.9 Å². The van der Waals surface area contributed by atoms with Crippen molar-refractivity contribution >= 4 is 28.0 Å². The van der Waals surface area contributed by atoms with Gasteiger partial charge in [-0.1, -0.05) is 15.9 Å². The van der Waals surface area contributed by atoms with Gasteiger partial charge in [-0.15, -0.1) is 0 Å². The number of esters is 1. The Morgan fingerprint density at radius 3 is 2.79 bits per heavy atom. The van der Waals surface area contributed by atoms with Crippen molar-refractivity contribution in [1.29, 1.82) is 0 Å². The average molecular weight is 259 g/mol. The summed E-state index contributed by atoms with van der Waals surface area (Å²) >= 11 is 3.15. The maximum absolute atomic E-state index is 12.9. The molecule has 1 aromatic rings. The van der Waals surface area contributed by atoms with Crippen molar-refractivity contribution in [1.82, 2.24) is 0 Å². The third-order valence-electron chi connectivity index (χ3n) is 1.50. The van der Waals surface area contributed by atoms with Gasteiger partial charge in [0.15, 0.2) is 0 Å². The molecule has 0 spiro atoms. The zero-order chi connectivity index (χ0) is 10.6. The lowest BCUT2D eigenvalue weighted by molar-refractivity contribution is -0.134. The Balaban J connectivity index is 2.86. The Kier molecular flexibility index (Phi) is 3.83. The first kappa shape index (κ1) is 10.9. The maximum atomic E-state index is 12.9. The van der Waals surface area contributed by atoms with Crippen LogP contribution in [0.25, 0.3) is 6.08 Å². The van der Waals surface area contributed by atoms with Crippen molar-refractivity contribution in [2.24, 2.45) is 0 Å². The Morgan fingerprint density at radius 2 is 2.21 bits per heavy atom. The van der Waals surface area contributed by atoms with Crippen LogP contribution in [-0.2, 0) is 9.53 Å². The smallest absolute Gasteiger partial charge is 0.330 e. The van der Waals surface area contributed by atoms with Crippen LogP contribution in [0.1, 0.15) is 5.56 Å². The van der Waals surface area contributed by atoms with Crippen molar-refractivity contribution in [3.63, 3.8) is 0 Å². The van der Waals surface area contributed by atoms with Crippen molar-refractivity contribution in [2.75, 3.05) is 7.11 Å². The number of benzene rings is 1. The van der Waals surface area contributed by atoms with E-state index in [2.05, 4.69) is 20.7 Å². The zero-order valence-electron chi connectivity index (χ0n) is 7.46. The minimum absolute atomic E-state index is 0.358. The summed E-state index contributed by atoms with van der Waals surface area (Å²) in [6, 6.07) is 4.36. The summed E-state index contributed by atoms with van der Waals surface area (Å²) in [7, 11) is 1.29. The second-order valence-electron chi connectivity index (χ2n) is 2.56. The van der Waals surface area contributed by atoms with Crippen LogP contribution < -0.4 is 0 Å². The van der Waals surface area contributed by atoms with Crippen LogP contribution in [0.5, 0.6) is 0 Å². The van der Waals surface area contributed by atoms with Crippen LogP contribution in [0.4, 0.5) is 4.39 Å². The molecule has 0 unspecified atom stereocenters. The third kappa shape index (κ3) is 3.30. The Hall–Kier alpha value is -1.16. The SMILES string of the molecule is COC(=O)C=Cc1cc(F)cc(Br)c1. The van der Waals surface area contributed by atoms with Crippen molar-refractivity contribution in [3.8, 4) is 0 Å². The van der Waals surface area contributed by atoms with E-state index in [0.717, 1.165) is 0 Å². The van der Waals surface area contributed by atoms with Crippen LogP contribution in [0, 0.1) is 5.82 Å². The van der Waals surface area contributed by atoms with E-state index in [1.807, 2.05) is 0 Å². The van der Waals surface area contributed by atoms with E-state index in [-0.39, 0.29) is 5.82 Å². The molecular formula is C10H8BrFO2. The van der Waals surface area contributed by atoms with Crippen molar-refractivity contribution in [3.05, 3.63) is 40.1 Å². The fourth-order valence-electron chi connectivity index (χ4n) is 0.904. The van der Waals surface area contributed by atoms with E-state index < -0.39 is 5.97 Å². The van der Waals surface area contributed by atoms with Crippen molar-refractivity contribution < 1.29 is 13.9 Å². The van der Waals surface area contributed by atoms with E-state index in [1.54, 1.807) is 6.07 Å². The molecule has 0 N–H and O–H groups in total. The molecule has 1 aromatic carbocycles. The normalized spacial score (nSPS) is 10.5. The largest absolute Gasteiger partial charge is 0.466 e. The molecule has 0 fully saturated rings. The third-order valence-corrected chi connectivity index (χ3v) is 1.96. The molecule has 0 saturated carbocycles.